The summed E-state index contributed by atoms with van der Waals surface area (Å²) in [5, 5.41) is 10.0. The Morgan fingerprint density at radius 1 is 1.18 bits per heavy atom. The zero-order valence-electron chi connectivity index (χ0n) is 8.57. The van der Waals surface area contributed by atoms with Gasteiger partial charge in [0, 0.05) is 15.3 Å². The van der Waals surface area contributed by atoms with Crippen LogP contribution in [0.15, 0.2) is 36.7 Å². The van der Waals surface area contributed by atoms with Crippen molar-refractivity contribution < 1.29 is 13.9 Å². The number of pyridine rings is 1. The normalized spacial score (nSPS) is 12.5. The predicted octanol–water partition coefficient (Wildman–Crippen LogP) is 3.05. The summed E-state index contributed by atoms with van der Waals surface area (Å²) in [6, 6.07) is 5.37. The highest BCUT2D eigenvalue weighted by molar-refractivity contribution is 14.1. The molecule has 2 aromatic rings. The minimum atomic E-state index is -1.12. The van der Waals surface area contributed by atoms with E-state index >= 15 is 0 Å². The number of nitrogens with zero attached hydrogens (tertiary/aromatic N) is 1. The highest BCUT2D eigenvalue weighted by Crippen LogP contribution is 2.27. The molecule has 2 nitrogen and oxygen atoms in total. The monoisotopic (exact) mass is 347 g/mol. The number of rotatable bonds is 2. The van der Waals surface area contributed by atoms with Gasteiger partial charge in [-0.1, -0.05) is 6.07 Å². The molecule has 0 saturated heterocycles. The molecule has 5 heteroatoms. The van der Waals surface area contributed by atoms with Crippen LogP contribution in [0.1, 0.15) is 17.2 Å². The Bertz CT molecular complexity index is 548. The van der Waals surface area contributed by atoms with Gasteiger partial charge in [-0.25, -0.2) is 8.78 Å². The number of aliphatic hydroxyl groups excluding tert-OH is 1. The van der Waals surface area contributed by atoms with Gasteiger partial charge < -0.3 is 5.11 Å². The summed E-state index contributed by atoms with van der Waals surface area (Å²) in [6.45, 7) is 0. The van der Waals surface area contributed by atoms with Crippen molar-refractivity contribution in [1.82, 2.24) is 4.98 Å². The average Bonchev–Trinajstić information content (AvgIpc) is 2.29. The summed E-state index contributed by atoms with van der Waals surface area (Å²) in [5.41, 5.74) is 0.599. The molecule has 0 radical (unpaired) electrons. The van der Waals surface area contributed by atoms with Crippen LogP contribution in [-0.4, -0.2) is 10.1 Å². The molecule has 17 heavy (non-hydrogen) atoms. The molecule has 1 atom stereocenters. The van der Waals surface area contributed by atoms with Crippen LogP contribution in [0.3, 0.4) is 0 Å². The summed E-state index contributed by atoms with van der Waals surface area (Å²) in [6.07, 6.45) is 1.32. The molecular weight excluding hydrogens is 339 g/mol. The molecule has 1 heterocycles. The van der Waals surface area contributed by atoms with E-state index in [1.54, 1.807) is 0 Å². The summed E-state index contributed by atoms with van der Waals surface area (Å²) in [4.78, 5) is 3.61. The van der Waals surface area contributed by atoms with Crippen LogP contribution in [0, 0.1) is 15.2 Å². The van der Waals surface area contributed by atoms with Gasteiger partial charge in [-0.05, 0) is 46.4 Å². The Hall–Kier alpha value is -1.08. The van der Waals surface area contributed by atoms with E-state index in [0.29, 0.717) is 9.13 Å². The minimum absolute atomic E-state index is 0.129. The lowest BCUT2D eigenvalue weighted by molar-refractivity contribution is 0.213. The van der Waals surface area contributed by atoms with Crippen molar-refractivity contribution in [2.45, 2.75) is 6.10 Å². The topological polar surface area (TPSA) is 33.1 Å². The fourth-order valence-corrected chi connectivity index (χ4v) is 2.27. The first-order chi connectivity index (χ1) is 8.09. The average molecular weight is 347 g/mol. The largest absolute Gasteiger partial charge is 0.384 e. The maximum atomic E-state index is 13.4. The summed E-state index contributed by atoms with van der Waals surface area (Å²) in [7, 11) is 0. The Kier molecular flexibility index (Phi) is 3.68. The van der Waals surface area contributed by atoms with Gasteiger partial charge in [0.15, 0.2) is 0 Å². The maximum absolute atomic E-state index is 13.4. The van der Waals surface area contributed by atoms with Crippen LogP contribution >= 0.6 is 22.6 Å². The van der Waals surface area contributed by atoms with Gasteiger partial charge in [-0.3, -0.25) is 4.98 Å². The third-order valence-corrected chi connectivity index (χ3v) is 3.29. The quantitative estimate of drug-likeness (QED) is 0.848. The standard InChI is InChI=1S/C12H8F2INO/c13-7-1-2-9(11(15)5-7)12(17)8-3-4-16-6-10(8)14/h1-6,12,17H. The predicted molar refractivity (Wildman–Crippen MR) is 67.4 cm³/mol. The molecule has 0 aliphatic rings. The molecule has 0 bridgehead atoms. The van der Waals surface area contributed by atoms with Crippen LogP contribution in [0.4, 0.5) is 8.78 Å². The van der Waals surface area contributed by atoms with Gasteiger partial charge in [0.25, 0.3) is 0 Å². The number of hydrogen-bond acceptors (Lipinski definition) is 2. The number of benzene rings is 1. The zero-order chi connectivity index (χ0) is 12.4. The third kappa shape index (κ3) is 2.61. The molecular formula is C12H8F2INO. The zero-order valence-corrected chi connectivity index (χ0v) is 10.7. The highest BCUT2D eigenvalue weighted by Gasteiger charge is 2.17. The Morgan fingerprint density at radius 3 is 2.59 bits per heavy atom. The summed E-state index contributed by atoms with van der Waals surface area (Å²) < 4.78 is 26.9. The minimum Gasteiger partial charge on any atom is -0.384 e. The lowest BCUT2D eigenvalue weighted by Gasteiger charge is -2.13. The van der Waals surface area contributed by atoms with E-state index in [-0.39, 0.29) is 11.4 Å². The second-order valence-corrected chi connectivity index (χ2v) is 4.63. The molecule has 1 aromatic carbocycles. The number of hydrogen-bond donors (Lipinski definition) is 1. The molecule has 2 rings (SSSR count). The first kappa shape index (κ1) is 12.4. The second-order valence-electron chi connectivity index (χ2n) is 3.47. The fraction of sp³-hybridized carbons (Fsp3) is 0.0833. The van der Waals surface area contributed by atoms with Gasteiger partial charge in [0.05, 0.1) is 6.20 Å². The first-order valence-corrected chi connectivity index (χ1v) is 5.90. The van der Waals surface area contributed by atoms with Crippen LogP contribution in [0.2, 0.25) is 0 Å². The number of aromatic nitrogens is 1. The molecule has 0 spiro atoms. The Labute approximate surface area is 110 Å². The second kappa shape index (κ2) is 5.05. The van der Waals surface area contributed by atoms with Crippen molar-refractivity contribution in [3.63, 3.8) is 0 Å². The molecule has 0 aliphatic heterocycles. The van der Waals surface area contributed by atoms with E-state index in [1.807, 2.05) is 22.6 Å². The van der Waals surface area contributed by atoms with E-state index < -0.39 is 11.9 Å². The number of aliphatic hydroxyl groups is 1. The van der Waals surface area contributed by atoms with E-state index in [2.05, 4.69) is 4.98 Å². The fourth-order valence-electron chi connectivity index (χ4n) is 1.50. The van der Waals surface area contributed by atoms with Crippen LogP contribution in [-0.2, 0) is 0 Å². The van der Waals surface area contributed by atoms with E-state index in [1.165, 1.54) is 30.5 Å². The van der Waals surface area contributed by atoms with Gasteiger partial charge in [-0.15, -0.1) is 0 Å². The Balaban J connectivity index is 2.44. The highest BCUT2D eigenvalue weighted by atomic mass is 127. The SMILES string of the molecule is OC(c1ccncc1F)c1ccc(F)cc1I. The molecule has 1 aromatic heterocycles. The first-order valence-electron chi connectivity index (χ1n) is 4.82. The van der Waals surface area contributed by atoms with Gasteiger partial charge in [-0.2, -0.15) is 0 Å². The molecule has 1 N–H and O–H groups in total. The van der Waals surface area contributed by atoms with Crippen molar-refractivity contribution in [1.29, 1.82) is 0 Å². The maximum Gasteiger partial charge on any atom is 0.147 e. The molecule has 0 fully saturated rings. The molecule has 0 amide bonds. The van der Waals surface area contributed by atoms with E-state index in [4.69, 9.17) is 0 Å². The van der Waals surface area contributed by atoms with Crippen molar-refractivity contribution >= 4 is 22.6 Å². The molecule has 1 unspecified atom stereocenters. The third-order valence-electron chi connectivity index (χ3n) is 2.36. The number of halogens is 3. The summed E-state index contributed by atoms with van der Waals surface area (Å²) >= 11 is 1.90. The van der Waals surface area contributed by atoms with Gasteiger partial charge >= 0.3 is 0 Å². The smallest absolute Gasteiger partial charge is 0.147 e. The lowest BCUT2D eigenvalue weighted by Crippen LogP contribution is -2.05. The van der Waals surface area contributed by atoms with E-state index in [9.17, 15) is 13.9 Å². The van der Waals surface area contributed by atoms with Crippen molar-refractivity contribution in [3.05, 3.63) is 63.0 Å². The Morgan fingerprint density at radius 2 is 1.94 bits per heavy atom. The van der Waals surface area contributed by atoms with E-state index in [0.717, 1.165) is 6.20 Å². The summed E-state index contributed by atoms with van der Waals surface area (Å²) in [5.74, 6) is -0.972. The van der Waals surface area contributed by atoms with Crippen LogP contribution in [0.5, 0.6) is 0 Å². The van der Waals surface area contributed by atoms with Crippen molar-refractivity contribution in [2.24, 2.45) is 0 Å². The molecule has 0 saturated carbocycles. The molecule has 88 valence electrons. The van der Waals surface area contributed by atoms with Crippen LogP contribution < -0.4 is 0 Å². The van der Waals surface area contributed by atoms with Crippen molar-refractivity contribution in [2.75, 3.05) is 0 Å². The molecule has 0 aliphatic carbocycles. The van der Waals surface area contributed by atoms with Gasteiger partial charge in [0.1, 0.15) is 17.7 Å². The van der Waals surface area contributed by atoms with Gasteiger partial charge in [0.2, 0.25) is 0 Å². The lowest BCUT2D eigenvalue weighted by atomic mass is 10.0. The van der Waals surface area contributed by atoms with Crippen molar-refractivity contribution in [3.8, 4) is 0 Å². The van der Waals surface area contributed by atoms with Crippen LogP contribution in [0.25, 0.3) is 0 Å².